The molecule has 0 aliphatic carbocycles. The Labute approximate surface area is 752 Å². The van der Waals surface area contributed by atoms with Crippen molar-refractivity contribution in [2.24, 2.45) is 26.1 Å². The summed E-state index contributed by atoms with van der Waals surface area (Å²) in [5, 5.41) is 37.3. The first-order chi connectivity index (χ1) is 62.0. The number of aromatic nitrogens is 12. The fourth-order valence-corrected chi connectivity index (χ4v) is 13.9. The number of hydrogen-bond acceptors (Lipinski definition) is 24. The van der Waals surface area contributed by atoms with Gasteiger partial charge in [0.25, 0.3) is 35.4 Å². The van der Waals surface area contributed by atoms with Gasteiger partial charge in [-0.25, -0.2) is 15.0 Å². The van der Waals surface area contributed by atoms with Gasteiger partial charge in [-0.2, -0.15) is 0 Å². The summed E-state index contributed by atoms with van der Waals surface area (Å²) >= 11 is 6.24. The predicted molar refractivity (Wildman–Crippen MR) is 481 cm³/mol. The van der Waals surface area contributed by atoms with E-state index in [1.807, 2.05) is 90.4 Å². The van der Waals surface area contributed by atoms with Gasteiger partial charge in [-0.15, -0.1) is 10.2 Å². The SMILES string of the molecule is COc1ccc2c(c1)C(c1ccc(Cl)cc1)=N[C@@H](CC(=O)NCCOCCOCCOCCOCCOCCOCCC(=O)NCCCN(C)CCCNC(=O)c1cc(NC(=O)c3nc(NC(=O)CCNC(=O)c4c(NC(=O)c5nc(NC(=O)CCNC(=O)c6cc(NC(=O)c7nccn7C(C)C)cn6C)cn5C(C)C)ccn4C)cn3C(C)C)cn1C)c1nnc(C)n1-2. The molecular formula is C87H117ClN24O17. The summed E-state index contributed by atoms with van der Waals surface area (Å²) in [5.74, 6) is -2.29. The molecule has 10 N–H and O–H groups in total. The number of methoxy groups -OCH3 is 1. The van der Waals surface area contributed by atoms with Crippen molar-refractivity contribution in [3.05, 3.63) is 166 Å². The molecule has 0 radical (unpaired) electrons. The van der Waals surface area contributed by atoms with E-state index in [9.17, 15) is 47.9 Å². The van der Waals surface area contributed by atoms with Crippen LogP contribution in [0.15, 0.2) is 109 Å². The number of aliphatic imine (C=N–C) groups is 1. The molecule has 41 nitrogen and oxygen atoms in total. The molecule has 2 aromatic carbocycles. The first kappa shape index (κ1) is 98.4. The van der Waals surface area contributed by atoms with E-state index < -0.39 is 47.4 Å². The number of carbonyl (C=O) groups is 10. The second-order valence-corrected chi connectivity index (χ2v) is 31.6. The van der Waals surface area contributed by atoms with Crippen LogP contribution < -0.4 is 57.9 Å². The second-order valence-electron chi connectivity index (χ2n) is 31.2. The predicted octanol–water partition coefficient (Wildman–Crippen LogP) is 7.01. The lowest BCUT2D eigenvalue weighted by molar-refractivity contribution is -0.122. The zero-order valence-corrected chi connectivity index (χ0v) is 75.6. The molecule has 8 heterocycles. The maximum atomic E-state index is 13.9. The maximum Gasteiger partial charge on any atom is 0.291 e. The lowest BCUT2D eigenvalue weighted by atomic mass is 10.00. The van der Waals surface area contributed by atoms with Crippen molar-refractivity contribution in [2.45, 2.75) is 111 Å². The van der Waals surface area contributed by atoms with Gasteiger partial charge in [0.05, 0.1) is 121 Å². The third kappa shape index (κ3) is 28.9. The van der Waals surface area contributed by atoms with E-state index in [0.29, 0.717) is 150 Å². The van der Waals surface area contributed by atoms with Crippen molar-refractivity contribution >= 4 is 105 Å². The normalized spacial score (nSPS) is 12.3. The number of aryl methyl sites for hydroxylation is 4. The van der Waals surface area contributed by atoms with Crippen molar-refractivity contribution in [1.29, 1.82) is 0 Å². The Hall–Kier alpha value is -12.8. The summed E-state index contributed by atoms with van der Waals surface area (Å²) in [6, 6.07) is 16.5. The van der Waals surface area contributed by atoms with Gasteiger partial charge in [0, 0.05) is 151 Å². The fourth-order valence-electron chi connectivity index (χ4n) is 13.8. The maximum absolute atomic E-state index is 13.9. The lowest BCUT2D eigenvalue weighted by Crippen LogP contribution is -2.31. The van der Waals surface area contributed by atoms with E-state index in [4.69, 9.17) is 49.8 Å². The van der Waals surface area contributed by atoms with Crippen molar-refractivity contribution in [3.8, 4) is 11.4 Å². The summed E-state index contributed by atoms with van der Waals surface area (Å²) < 4.78 is 50.6. The Morgan fingerprint density at radius 3 is 1.52 bits per heavy atom. The number of ether oxygens (including phenoxy) is 7. The molecule has 0 saturated carbocycles. The van der Waals surface area contributed by atoms with Gasteiger partial charge in [-0.3, -0.25) is 57.5 Å². The summed E-state index contributed by atoms with van der Waals surface area (Å²) in [7, 11) is 8.52. The zero-order valence-electron chi connectivity index (χ0n) is 74.9. The van der Waals surface area contributed by atoms with Crippen LogP contribution in [0.4, 0.5) is 28.7 Å². The fraction of sp³-hybridized carbons (Fsp3) is 0.471. The molecule has 7 aromatic heterocycles. The van der Waals surface area contributed by atoms with Crippen LogP contribution in [0.1, 0.15) is 190 Å². The van der Waals surface area contributed by atoms with Gasteiger partial charge < -0.3 is 119 Å². The Morgan fingerprint density at radius 2 is 0.977 bits per heavy atom. The van der Waals surface area contributed by atoms with Gasteiger partial charge >= 0.3 is 0 Å². The number of amides is 10. The Morgan fingerprint density at radius 1 is 0.481 bits per heavy atom. The van der Waals surface area contributed by atoms with E-state index in [-0.39, 0.29) is 127 Å². The second kappa shape index (κ2) is 49.0. The van der Waals surface area contributed by atoms with Gasteiger partial charge in [0.2, 0.25) is 35.3 Å². The summed E-state index contributed by atoms with van der Waals surface area (Å²) in [6.07, 6.45) is 12.3. The molecule has 694 valence electrons. The number of imidazole rings is 3. The van der Waals surface area contributed by atoms with Crippen molar-refractivity contribution in [2.75, 3.05) is 166 Å². The van der Waals surface area contributed by atoms with E-state index in [1.165, 1.54) is 35.3 Å². The molecule has 0 fully saturated rings. The quantitative estimate of drug-likeness (QED) is 0.0171. The standard InChI is InChI=1S/C87H117ClN24O17/c1-55(2)109-34-29-91-79(109)85(120)95-61-47-69(108(11)51-61)83(118)93-27-21-73(114)100-71-54-111(57(5)6)81(102-71)87(122)98-65-23-33-106(9)77(65)84(119)94-28-22-74(115)99-70-53-110(56(3)4)80(101-70)86(121)96-62-48-68(107(10)52-62)82(117)92-26-14-32-105(8)31-13-25-89-72(113)24-35-124-37-39-126-41-43-128-45-46-129-44-42-127-40-38-125-36-30-90-75(116)50-66-78-104-103-58(7)112(78)67-20-19-63(123-12)49-64(67)76(97-66)59-15-17-60(88)18-16-59/h15-20,23,29,33-34,47-49,51-57,66H,13-14,21-22,24-28,30-32,35-46,50H2,1-12H3,(H,89,113)(H,90,116)(H,92,117)(H,93,118)(H,94,119)(H,95,120)(H,96,121)(H,98,122)(H,99,115)(H,100,114)/t66-/m0/s1. The molecule has 10 amide bonds. The van der Waals surface area contributed by atoms with E-state index in [0.717, 1.165) is 29.8 Å². The van der Waals surface area contributed by atoms with Crippen LogP contribution in [0, 0.1) is 6.92 Å². The molecule has 9 aromatic rings. The molecule has 1 atom stereocenters. The summed E-state index contributed by atoms with van der Waals surface area (Å²) in [6.45, 7) is 19.8. The van der Waals surface area contributed by atoms with E-state index >= 15 is 0 Å². The molecule has 1 aliphatic heterocycles. The molecule has 0 bridgehead atoms. The molecular weight excluding hydrogens is 1690 g/mol. The summed E-state index contributed by atoms with van der Waals surface area (Å²) in [4.78, 5) is 153. The van der Waals surface area contributed by atoms with E-state index in [2.05, 4.69) is 83.2 Å². The number of fused-ring (bicyclic) bond motifs is 3. The number of rotatable bonds is 53. The van der Waals surface area contributed by atoms with Crippen LogP contribution in [-0.2, 0) is 68.7 Å². The molecule has 0 unspecified atom stereocenters. The molecule has 129 heavy (non-hydrogen) atoms. The highest BCUT2D eigenvalue weighted by Gasteiger charge is 2.32. The zero-order chi connectivity index (χ0) is 92.6. The van der Waals surface area contributed by atoms with Gasteiger partial charge in [0.15, 0.2) is 23.3 Å². The van der Waals surface area contributed by atoms with Crippen LogP contribution in [0.5, 0.6) is 5.75 Å². The minimum Gasteiger partial charge on any atom is -0.497 e. The first-order valence-electron chi connectivity index (χ1n) is 42.7. The van der Waals surface area contributed by atoms with Gasteiger partial charge in [-0.05, 0) is 130 Å². The minimum absolute atomic E-state index is 0.00588. The molecule has 10 rings (SSSR count). The molecule has 0 spiro atoms. The largest absolute Gasteiger partial charge is 0.497 e. The van der Waals surface area contributed by atoms with Crippen LogP contribution >= 0.6 is 11.6 Å². The number of nitrogens with zero attached hydrogens (tertiary/aromatic N) is 14. The van der Waals surface area contributed by atoms with Gasteiger partial charge in [0.1, 0.15) is 34.7 Å². The molecule has 1 aliphatic rings. The number of anilines is 5. The topological polar surface area (TPSA) is 470 Å². The van der Waals surface area contributed by atoms with Gasteiger partial charge in [-0.1, -0.05) is 23.7 Å². The van der Waals surface area contributed by atoms with Crippen LogP contribution in [-0.4, -0.2) is 266 Å². The number of hydrogen-bond donors (Lipinski definition) is 10. The Bertz CT molecular complexity index is 5340. The third-order valence-corrected chi connectivity index (χ3v) is 20.6. The van der Waals surface area contributed by atoms with Crippen LogP contribution in [0.25, 0.3) is 5.69 Å². The number of benzene rings is 2. The highest BCUT2D eigenvalue weighted by Crippen LogP contribution is 2.35. The molecule has 0 saturated heterocycles. The van der Waals surface area contributed by atoms with Crippen LogP contribution in [0.3, 0.4) is 0 Å². The highest BCUT2D eigenvalue weighted by atomic mass is 35.5. The number of nitrogens with one attached hydrogen (secondary N) is 10. The van der Waals surface area contributed by atoms with Crippen molar-refractivity contribution < 1.29 is 81.1 Å². The Balaban J connectivity index is 0.516. The van der Waals surface area contributed by atoms with E-state index in [1.54, 1.807) is 94.1 Å². The number of carbonyl (C=O) groups excluding carboxylic acids is 10. The van der Waals surface area contributed by atoms with Crippen LogP contribution in [0.2, 0.25) is 5.02 Å². The highest BCUT2D eigenvalue weighted by molar-refractivity contribution is 6.30. The monoisotopic (exact) mass is 1800 g/mol. The summed E-state index contributed by atoms with van der Waals surface area (Å²) in [5.41, 5.74) is 4.63. The average molecular weight is 1810 g/mol. The first-order valence-corrected chi connectivity index (χ1v) is 43.1. The van der Waals surface area contributed by atoms with Crippen molar-refractivity contribution in [3.63, 3.8) is 0 Å². The van der Waals surface area contributed by atoms with Crippen molar-refractivity contribution in [1.82, 2.24) is 88.6 Å². The average Bonchev–Trinajstić information content (AvgIpc) is 1.61. The Kier molecular flexibility index (Phi) is 37.4. The lowest BCUT2D eigenvalue weighted by Gasteiger charge is -2.17. The smallest absolute Gasteiger partial charge is 0.291 e. The molecule has 42 heteroatoms. The third-order valence-electron chi connectivity index (χ3n) is 20.3. The minimum atomic E-state index is -0.683. The number of halogens is 1.